The van der Waals surface area contributed by atoms with Crippen molar-refractivity contribution >= 4 is 53.6 Å². The Morgan fingerprint density at radius 3 is 2.22 bits per heavy atom. The van der Waals surface area contributed by atoms with Crippen LogP contribution in [0.1, 0.15) is 11.1 Å². The molecule has 108 valence electrons. The van der Waals surface area contributed by atoms with Gasteiger partial charge in [0.15, 0.2) is 0 Å². The molecule has 2 aromatic heterocycles. The second-order valence-corrected chi connectivity index (χ2v) is 8.32. The summed E-state index contributed by atoms with van der Waals surface area (Å²) < 4.78 is 1.47. The van der Waals surface area contributed by atoms with Gasteiger partial charge in [0.05, 0.1) is 4.01 Å². The molecule has 1 aliphatic rings. The van der Waals surface area contributed by atoms with E-state index in [1.54, 1.807) is 0 Å². The normalized spacial score (nSPS) is 13.0. The van der Waals surface area contributed by atoms with Gasteiger partial charge in [-0.1, -0.05) is 30.3 Å². The molecule has 5 aromatic rings. The number of hydrogen-bond donors (Lipinski definition) is 0. The Labute approximate surface area is 141 Å². The molecule has 1 aliphatic carbocycles. The fraction of sp³-hybridized carbons (Fsp3) is 0.0476. The van der Waals surface area contributed by atoms with Crippen LogP contribution in [0.4, 0.5) is 0 Å². The monoisotopic (exact) mass is 328 g/mol. The first-order valence-corrected chi connectivity index (χ1v) is 9.56. The van der Waals surface area contributed by atoms with Gasteiger partial charge in [-0.3, -0.25) is 0 Å². The van der Waals surface area contributed by atoms with Crippen LogP contribution in [-0.4, -0.2) is 0 Å². The third-order valence-corrected chi connectivity index (χ3v) is 7.15. The fourth-order valence-electron chi connectivity index (χ4n) is 3.88. The predicted molar refractivity (Wildman–Crippen MR) is 103 cm³/mol. The Kier molecular flexibility index (Phi) is 2.26. The molecule has 0 amide bonds. The first kappa shape index (κ1) is 12.3. The zero-order valence-corrected chi connectivity index (χ0v) is 13.9. The van der Waals surface area contributed by atoms with Gasteiger partial charge in [-0.25, -0.2) is 0 Å². The van der Waals surface area contributed by atoms with Gasteiger partial charge in [-0.2, -0.15) is 0 Å². The lowest BCUT2D eigenvalue weighted by atomic mass is 9.86. The highest BCUT2D eigenvalue weighted by Crippen LogP contribution is 2.46. The van der Waals surface area contributed by atoms with E-state index in [1.165, 1.54) is 53.2 Å². The average molecular weight is 328 g/mol. The van der Waals surface area contributed by atoms with E-state index in [2.05, 4.69) is 59.3 Å². The molecule has 0 nitrogen and oxygen atoms in total. The molecule has 0 saturated heterocycles. The van der Waals surface area contributed by atoms with Crippen LogP contribution in [-0.2, 0) is 6.42 Å². The van der Waals surface area contributed by atoms with Gasteiger partial charge in [0.25, 0.3) is 0 Å². The average Bonchev–Trinajstić information content (AvgIpc) is 3.17. The molecule has 0 radical (unpaired) electrons. The van der Waals surface area contributed by atoms with Crippen molar-refractivity contribution < 1.29 is 0 Å². The van der Waals surface area contributed by atoms with Crippen molar-refractivity contribution in [2.45, 2.75) is 6.42 Å². The Hall–Kier alpha value is -2.16. The van der Waals surface area contributed by atoms with Crippen molar-refractivity contribution in [3.63, 3.8) is 0 Å². The lowest BCUT2D eigenvalue weighted by Crippen LogP contribution is -1.97. The topological polar surface area (TPSA) is 0 Å². The molecule has 3 aromatic carbocycles. The summed E-state index contributed by atoms with van der Waals surface area (Å²) in [4.78, 5) is 0. The van der Waals surface area contributed by atoms with E-state index < -0.39 is 0 Å². The molecule has 2 heterocycles. The maximum absolute atomic E-state index is 2.40. The second kappa shape index (κ2) is 4.22. The molecule has 23 heavy (non-hydrogen) atoms. The van der Waals surface area contributed by atoms with E-state index in [9.17, 15) is 0 Å². The first-order chi connectivity index (χ1) is 11.4. The van der Waals surface area contributed by atoms with Gasteiger partial charge in [0, 0.05) is 16.3 Å². The van der Waals surface area contributed by atoms with Crippen molar-refractivity contribution in [3.05, 3.63) is 70.4 Å². The lowest BCUT2D eigenvalue weighted by molar-refractivity contribution is 1.22. The number of hydrogen-bond acceptors (Lipinski definition) is 2. The van der Waals surface area contributed by atoms with Crippen molar-refractivity contribution in [2.24, 2.45) is 0 Å². The van der Waals surface area contributed by atoms with Crippen LogP contribution in [0.25, 0.3) is 42.1 Å². The van der Waals surface area contributed by atoms with Crippen LogP contribution in [0.5, 0.6) is 0 Å². The van der Waals surface area contributed by atoms with Gasteiger partial charge in [-0.05, 0) is 68.2 Å². The molecule has 0 bridgehead atoms. The Morgan fingerprint density at radius 2 is 1.39 bits per heavy atom. The molecule has 6 rings (SSSR count). The van der Waals surface area contributed by atoms with E-state index in [-0.39, 0.29) is 0 Å². The largest absolute Gasteiger partial charge is 0.132 e. The molecule has 0 saturated carbocycles. The minimum absolute atomic E-state index is 1.07. The summed E-state index contributed by atoms with van der Waals surface area (Å²) in [6, 6.07) is 18.1. The highest BCUT2D eigenvalue weighted by Gasteiger charge is 2.21. The van der Waals surface area contributed by atoms with E-state index in [1.807, 2.05) is 22.7 Å². The van der Waals surface area contributed by atoms with Gasteiger partial charge in [-0.15, -0.1) is 22.7 Å². The maximum Gasteiger partial charge on any atom is 0.0874 e. The third kappa shape index (κ3) is 1.60. The van der Waals surface area contributed by atoms with Crippen LogP contribution in [0.2, 0.25) is 0 Å². The molecule has 0 spiro atoms. The van der Waals surface area contributed by atoms with Gasteiger partial charge in [0.2, 0.25) is 0 Å². The minimum Gasteiger partial charge on any atom is -0.132 e. The Bertz CT molecular complexity index is 1240. The predicted octanol–water partition coefficient (Wildman–Crippen LogP) is 6.84. The number of rotatable bonds is 0. The SMILES string of the molecule is c1ccc2cc3cc4c(cc3cc2c1)Cc1csc2scc-4c12. The van der Waals surface area contributed by atoms with Crippen LogP contribution in [0, 0.1) is 0 Å². The van der Waals surface area contributed by atoms with Crippen LogP contribution < -0.4 is 0 Å². The van der Waals surface area contributed by atoms with E-state index in [0.29, 0.717) is 0 Å². The molecule has 0 fully saturated rings. The molecule has 2 heteroatoms. The minimum atomic E-state index is 1.07. The summed E-state index contributed by atoms with van der Waals surface area (Å²) in [6.45, 7) is 0. The Balaban J connectivity index is 1.74. The lowest BCUT2D eigenvalue weighted by Gasteiger charge is -2.16. The van der Waals surface area contributed by atoms with Crippen molar-refractivity contribution in [1.29, 1.82) is 0 Å². The zero-order valence-electron chi connectivity index (χ0n) is 12.3. The quantitative estimate of drug-likeness (QED) is 0.268. The summed E-state index contributed by atoms with van der Waals surface area (Å²) in [5, 5.41) is 11.5. The van der Waals surface area contributed by atoms with Gasteiger partial charge >= 0.3 is 0 Å². The summed E-state index contributed by atoms with van der Waals surface area (Å²) in [5.74, 6) is 0. The number of benzene rings is 3. The molecule has 0 aliphatic heterocycles. The van der Waals surface area contributed by atoms with E-state index in [4.69, 9.17) is 0 Å². The van der Waals surface area contributed by atoms with E-state index in [0.717, 1.165) is 6.42 Å². The van der Waals surface area contributed by atoms with Crippen molar-refractivity contribution in [2.75, 3.05) is 0 Å². The number of fused-ring (bicyclic) bond motifs is 4. The van der Waals surface area contributed by atoms with Crippen LogP contribution in [0.3, 0.4) is 0 Å². The molecule has 0 unspecified atom stereocenters. The molecule has 0 atom stereocenters. The first-order valence-electron chi connectivity index (χ1n) is 7.80. The van der Waals surface area contributed by atoms with Gasteiger partial charge in [0.1, 0.15) is 0 Å². The highest BCUT2D eigenvalue weighted by molar-refractivity contribution is 7.37. The highest BCUT2D eigenvalue weighted by atomic mass is 32.2. The smallest absolute Gasteiger partial charge is 0.0874 e. The summed E-state index contributed by atoms with van der Waals surface area (Å²) in [5.41, 5.74) is 5.86. The van der Waals surface area contributed by atoms with E-state index >= 15 is 0 Å². The van der Waals surface area contributed by atoms with Crippen LogP contribution >= 0.6 is 22.7 Å². The standard InChI is InChI=1S/C21H12S2/c1-2-4-13-6-15-9-18-16(7-14(15)5-12(13)3-1)8-17-10-22-21-20(17)19(18)11-23-21/h1-7,9-11H,8H2. The summed E-state index contributed by atoms with van der Waals surface area (Å²) >= 11 is 3.78. The molecule has 0 N–H and O–H groups in total. The van der Waals surface area contributed by atoms with Crippen LogP contribution in [0.15, 0.2) is 59.3 Å². The van der Waals surface area contributed by atoms with Gasteiger partial charge < -0.3 is 0 Å². The summed E-state index contributed by atoms with van der Waals surface area (Å²) in [7, 11) is 0. The fourth-order valence-corrected chi connectivity index (χ4v) is 6.03. The molecular formula is C21H12S2. The Morgan fingerprint density at radius 1 is 0.652 bits per heavy atom. The second-order valence-electron chi connectivity index (χ2n) is 6.31. The van der Waals surface area contributed by atoms with Crippen molar-refractivity contribution in [3.8, 4) is 11.1 Å². The van der Waals surface area contributed by atoms with Crippen molar-refractivity contribution in [1.82, 2.24) is 0 Å². The molecular weight excluding hydrogens is 316 g/mol. The third-order valence-electron chi connectivity index (χ3n) is 4.98. The number of thiophene rings is 2. The summed E-state index contributed by atoms with van der Waals surface area (Å²) in [6.07, 6.45) is 1.07. The zero-order chi connectivity index (χ0) is 15.0. The maximum atomic E-state index is 2.40.